The van der Waals surface area contributed by atoms with Crippen molar-refractivity contribution in [2.45, 2.75) is 76.5 Å². The molecule has 2 aliphatic heterocycles. The third-order valence-electron chi connectivity index (χ3n) is 13.4. The number of fused-ring (bicyclic) bond motifs is 9. The van der Waals surface area contributed by atoms with Crippen LogP contribution in [-0.2, 0) is 19.0 Å². The predicted molar refractivity (Wildman–Crippen MR) is 133 cm³/mol. The van der Waals surface area contributed by atoms with Gasteiger partial charge in [0.15, 0.2) is 0 Å². The first-order valence-corrected chi connectivity index (χ1v) is 14.1. The second kappa shape index (κ2) is 5.74. The second-order valence-electron chi connectivity index (χ2n) is 14.3. The van der Waals surface area contributed by atoms with Crippen molar-refractivity contribution in [1.29, 1.82) is 0 Å². The molecule has 9 rings (SSSR count). The number of hydrogen-bond donors (Lipinski definition) is 2. The van der Waals surface area contributed by atoms with Crippen LogP contribution in [0.1, 0.15) is 53.4 Å². The number of hydrogen-bond acceptors (Lipinski definition) is 6. The summed E-state index contributed by atoms with van der Waals surface area (Å²) < 4.78 is 19.2. The van der Waals surface area contributed by atoms with Crippen LogP contribution in [0, 0.1) is 46.3 Å². The Hall–Kier alpha value is -1.73. The van der Waals surface area contributed by atoms with E-state index in [1.165, 1.54) is 30.2 Å². The van der Waals surface area contributed by atoms with Crippen LogP contribution in [0.4, 0.5) is 0 Å². The highest BCUT2D eigenvalue weighted by molar-refractivity contribution is 5.95. The molecule has 5 saturated carbocycles. The van der Waals surface area contributed by atoms with E-state index in [2.05, 4.69) is 27.4 Å². The number of carbonyl (C=O) groups excluding carboxylic acids is 1. The smallest absolute Gasteiger partial charge is 0.337 e. The highest BCUT2D eigenvalue weighted by Crippen LogP contribution is 2.84. The molecule has 9 aliphatic rings. The summed E-state index contributed by atoms with van der Waals surface area (Å²) in [5, 5.41) is 24.9. The lowest BCUT2D eigenvalue weighted by atomic mass is 9.43. The summed E-state index contributed by atoms with van der Waals surface area (Å²) in [5.41, 5.74) is 4.25. The molecule has 0 unspecified atom stereocenters. The van der Waals surface area contributed by atoms with E-state index >= 15 is 0 Å². The zero-order valence-electron chi connectivity index (χ0n) is 22.3. The molecule has 2 N–H and O–H groups in total. The Kier molecular flexibility index (Phi) is 3.43. The maximum atomic E-state index is 13.2. The Morgan fingerprint density at radius 3 is 2.59 bits per heavy atom. The fraction of sp³-hybridized carbons (Fsp3) is 0.710. The number of esters is 1. The third kappa shape index (κ3) is 1.84. The molecule has 7 aliphatic carbocycles. The molecule has 0 radical (unpaired) electrons. The van der Waals surface area contributed by atoms with Gasteiger partial charge >= 0.3 is 5.97 Å². The lowest BCUT2D eigenvalue weighted by molar-refractivity contribution is -0.255. The van der Waals surface area contributed by atoms with Gasteiger partial charge in [0.1, 0.15) is 11.7 Å². The van der Waals surface area contributed by atoms with Crippen LogP contribution in [0.25, 0.3) is 0 Å². The van der Waals surface area contributed by atoms with Crippen molar-refractivity contribution in [3.05, 3.63) is 45.6 Å². The molecule has 6 heteroatoms. The summed E-state index contributed by atoms with van der Waals surface area (Å²) in [7, 11) is 1.53. The van der Waals surface area contributed by atoms with E-state index in [-0.39, 0.29) is 23.2 Å². The molecule has 196 valence electrons. The lowest BCUT2D eigenvalue weighted by Gasteiger charge is -2.64. The van der Waals surface area contributed by atoms with Crippen LogP contribution in [-0.4, -0.2) is 53.0 Å². The van der Waals surface area contributed by atoms with Gasteiger partial charge in [0.25, 0.3) is 5.79 Å². The molecular weight excluding hydrogens is 468 g/mol. The van der Waals surface area contributed by atoms with Gasteiger partial charge in [-0.2, -0.15) is 0 Å². The quantitative estimate of drug-likeness (QED) is 0.419. The maximum Gasteiger partial charge on any atom is 0.337 e. The number of aliphatic hydroxyl groups excluding tert-OH is 1. The normalized spacial score (nSPS) is 59.5. The molecule has 6 nitrogen and oxygen atoms in total. The maximum absolute atomic E-state index is 13.2. The topological polar surface area (TPSA) is 85.2 Å². The highest BCUT2D eigenvalue weighted by atomic mass is 16.7. The van der Waals surface area contributed by atoms with Crippen LogP contribution < -0.4 is 0 Å². The molecule has 37 heavy (non-hydrogen) atoms. The first-order chi connectivity index (χ1) is 17.4. The summed E-state index contributed by atoms with van der Waals surface area (Å²) >= 11 is 0. The van der Waals surface area contributed by atoms with E-state index in [0.717, 1.165) is 24.0 Å². The largest absolute Gasteiger partial charge is 0.422 e. The Morgan fingerprint density at radius 2 is 1.86 bits per heavy atom. The lowest BCUT2D eigenvalue weighted by Crippen LogP contribution is -2.68. The van der Waals surface area contributed by atoms with Gasteiger partial charge in [-0.15, -0.1) is 0 Å². The van der Waals surface area contributed by atoms with Gasteiger partial charge in [0.05, 0.1) is 12.2 Å². The minimum Gasteiger partial charge on any atom is -0.422 e. The van der Waals surface area contributed by atoms with Crippen molar-refractivity contribution in [2.24, 2.45) is 46.3 Å². The van der Waals surface area contributed by atoms with Crippen molar-refractivity contribution in [3.8, 4) is 0 Å². The van der Waals surface area contributed by atoms with Crippen LogP contribution in [0.15, 0.2) is 45.6 Å². The number of carbonyl (C=O) groups is 1. The summed E-state index contributed by atoms with van der Waals surface area (Å²) in [6.45, 7) is 13.6. The van der Waals surface area contributed by atoms with Crippen LogP contribution in [0.2, 0.25) is 0 Å². The Balaban J connectivity index is 1.43. The number of methoxy groups -OCH3 is 1. The van der Waals surface area contributed by atoms with Gasteiger partial charge < -0.3 is 24.4 Å². The van der Waals surface area contributed by atoms with Crippen molar-refractivity contribution in [3.63, 3.8) is 0 Å². The fourth-order valence-electron chi connectivity index (χ4n) is 11.8. The predicted octanol–water partition coefficient (Wildman–Crippen LogP) is 3.60. The molecule has 2 heterocycles. The minimum atomic E-state index is -1.59. The summed E-state index contributed by atoms with van der Waals surface area (Å²) in [6, 6.07) is 0. The molecule has 5 fully saturated rings. The van der Waals surface area contributed by atoms with Crippen molar-refractivity contribution >= 4 is 5.97 Å². The fourth-order valence-corrected chi connectivity index (χ4v) is 11.8. The first-order valence-electron chi connectivity index (χ1n) is 14.1. The van der Waals surface area contributed by atoms with Gasteiger partial charge in [0, 0.05) is 35.2 Å². The highest BCUT2D eigenvalue weighted by Gasteiger charge is 2.85. The summed E-state index contributed by atoms with van der Waals surface area (Å²) in [4.78, 5) is 13.2. The molecule has 0 aromatic heterocycles. The van der Waals surface area contributed by atoms with E-state index in [0.29, 0.717) is 41.9 Å². The van der Waals surface area contributed by atoms with E-state index in [9.17, 15) is 15.0 Å². The van der Waals surface area contributed by atoms with E-state index in [1.54, 1.807) is 6.92 Å². The Labute approximate surface area is 217 Å². The molecule has 12 atom stereocenters. The summed E-state index contributed by atoms with van der Waals surface area (Å²) in [5.74, 6) is -0.272. The van der Waals surface area contributed by atoms with Crippen molar-refractivity contribution < 1.29 is 29.2 Å². The molecule has 0 aromatic rings. The van der Waals surface area contributed by atoms with Gasteiger partial charge in [-0.3, -0.25) is 0 Å². The van der Waals surface area contributed by atoms with Crippen LogP contribution >= 0.6 is 0 Å². The number of rotatable bonds is 1. The van der Waals surface area contributed by atoms with Crippen LogP contribution in [0.5, 0.6) is 0 Å². The molecule has 0 aromatic carbocycles. The number of allylic oxidation sites excluding steroid dienone is 1. The molecule has 0 amide bonds. The third-order valence-corrected chi connectivity index (χ3v) is 13.4. The number of aliphatic hydroxyl groups is 2. The average Bonchev–Trinajstić information content (AvgIpc) is 3.76. The minimum absolute atomic E-state index is 0.0444. The van der Waals surface area contributed by atoms with Gasteiger partial charge in [-0.05, 0) is 91.3 Å². The Morgan fingerprint density at radius 1 is 1.11 bits per heavy atom. The Bertz CT molecular complexity index is 1390. The molecule has 1 spiro atoms. The second-order valence-corrected chi connectivity index (χ2v) is 14.3. The van der Waals surface area contributed by atoms with E-state index < -0.39 is 34.5 Å². The standard InChI is InChI=1S/C31H36O6/c1-12-11-36-30-16(12)8-17-13(2)15-7-18(15)27(17,4)21(30)10-29(34)20-9-19(20)28(5)24(29)23(30)22-14(3)25(32)37-31(22,35-6)26(28)33/h15,17-21,26,33-34H,2,7-11H2,1,3-6H3/t15-,17+,18-,19-,20+,21+,26-,27-,28+,29+,30-,31+/m1/s1. The number of ether oxygens (including phenoxy) is 3. The zero-order chi connectivity index (χ0) is 25.8. The van der Waals surface area contributed by atoms with Crippen LogP contribution in [0.3, 0.4) is 0 Å². The molecular formula is C31H36O6. The SMILES string of the molecule is C=C1[C@H]2C[C@H]2[C@]2(C)[C@@H]3C[C@@]4(O)C5=C(C6=C(C)C(=O)O[C@]6(OC)[C@H](O)[C@@]5(C)[C@@H]5C[C@@H]54)[C@]34OCC(C)=C4C[C@@H]12. The zero-order valence-corrected chi connectivity index (χ0v) is 22.3. The monoisotopic (exact) mass is 504 g/mol. The average molecular weight is 505 g/mol. The van der Waals surface area contributed by atoms with Crippen molar-refractivity contribution in [1.82, 2.24) is 0 Å². The molecule has 0 saturated heterocycles. The van der Waals surface area contributed by atoms with E-state index in [4.69, 9.17) is 14.2 Å². The molecule has 0 bridgehead atoms. The summed E-state index contributed by atoms with van der Waals surface area (Å²) in [6.07, 6.45) is 2.49. The van der Waals surface area contributed by atoms with Crippen molar-refractivity contribution in [2.75, 3.05) is 13.7 Å². The first kappa shape index (κ1) is 22.1. The van der Waals surface area contributed by atoms with Gasteiger partial charge in [-0.25, -0.2) is 4.79 Å². The van der Waals surface area contributed by atoms with E-state index in [1.807, 2.05) is 0 Å². The van der Waals surface area contributed by atoms with Gasteiger partial charge in [0.2, 0.25) is 0 Å². The van der Waals surface area contributed by atoms with Gasteiger partial charge in [-0.1, -0.05) is 26.0 Å².